The first-order chi connectivity index (χ1) is 29.3. The third kappa shape index (κ3) is 8.66. The lowest BCUT2D eigenvalue weighted by atomic mass is 9.66. The second-order valence-corrected chi connectivity index (χ2v) is 20.7. The van der Waals surface area contributed by atoms with Gasteiger partial charge in [-0.15, -0.1) is 0 Å². The van der Waals surface area contributed by atoms with E-state index in [2.05, 4.69) is 15.6 Å². The van der Waals surface area contributed by atoms with Crippen molar-refractivity contribution in [1.82, 2.24) is 20.5 Å². The Kier molecular flexibility index (Phi) is 12.0. The zero-order valence-corrected chi connectivity index (χ0v) is 37.0. The van der Waals surface area contributed by atoms with E-state index in [9.17, 15) is 45.9 Å². The van der Waals surface area contributed by atoms with Crippen LogP contribution >= 0.6 is 0 Å². The van der Waals surface area contributed by atoms with Crippen molar-refractivity contribution < 1.29 is 64.8 Å². The minimum atomic E-state index is -5.06. The molecule has 16 nitrogen and oxygen atoms in total. The van der Waals surface area contributed by atoms with Gasteiger partial charge in [-0.3, -0.25) is 9.59 Å². The number of amides is 3. The maximum Gasteiger partial charge on any atom is 0.437 e. The van der Waals surface area contributed by atoms with E-state index < -0.39 is 122 Å². The predicted molar refractivity (Wildman–Crippen MR) is 221 cm³/mol. The molecule has 1 spiro atoms. The molecule has 7 rings (SSSR count). The molecule has 8 unspecified atom stereocenters. The lowest BCUT2D eigenvalue weighted by molar-refractivity contribution is -0.163. The molecule has 3 amide bonds. The summed E-state index contributed by atoms with van der Waals surface area (Å²) < 4.78 is 91.6. The third-order valence-electron chi connectivity index (χ3n) is 13.2. The second-order valence-electron chi connectivity index (χ2n) is 18.9. The molecule has 63 heavy (non-hydrogen) atoms. The molecular weight excluding hydrogens is 852 g/mol. The Labute approximate surface area is 363 Å². The molecule has 5 N–H and O–H groups in total. The van der Waals surface area contributed by atoms with E-state index >= 15 is 0 Å². The van der Waals surface area contributed by atoms with Crippen LogP contribution in [0.5, 0.6) is 11.5 Å². The number of esters is 1. The van der Waals surface area contributed by atoms with Crippen LogP contribution in [0.25, 0.3) is 10.9 Å². The highest BCUT2D eigenvalue weighted by atomic mass is 32.2. The van der Waals surface area contributed by atoms with E-state index in [0.29, 0.717) is 32.1 Å². The summed E-state index contributed by atoms with van der Waals surface area (Å²) >= 11 is 0. The Hall–Kier alpha value is -4.69. The molecule has 3 fully saturated rings. The largest absolute Gasteiger partial charge is 0.497 e. The van der Waals surface area contributed by atoms with Crippen LogP contribution < -0.4 is 25.2 Å². The first-order valence-electron chi connectivity index (χ1n) is 21.3. The van der Waals surface area contributed by atoms with E-state index in [1.807, 2.05) is 6.08 Å². The number of rotatable bonds is 6. The monoisotopic (exact) mass is 907 g/mol. The molecule has 1 saturated heterocycles. The molecule has 8 atom stereocenters. The normalized spacial score (nSPS) is 31.4. The van der Waals surface area contributed by atoms with Crippen LogP contribution in [0.1, 0.15) is 116 Å². The summed E-state index contributed by atoms with van der Waals surface area (Å²) in [6.45, 7) is 7.73. The number of sulfonamides is 1. The van der Waals surface area contributed by atoms with E-state index in [0.717, 1.165) is 4.90 Å². The number of aliphatic hydroxyl groups is 1. The van der Waals surface area contributed by atoms with Gasteiger partial charge >= 0.3 is 18.2 Å². The lowest BCUT2D eigenvalue weighted by Gasteiger charge is -2.47. The number of pyridine rings is 1. The number of ether oxygens (including phenoxy) is 4. The fourth-order valence-corrected chi connectivity index (χ4v) is 11.2. The van der Waals surface area contributed by atoms with Gasteiger partial charge in [0.25, 0.3) is 0 Å². The molecule has 1 aromatic carbocycles. The van der Waals surface area contributed by atoms with Crippen molar-refractivity contribution in [3.8, 4) is 11.5 Å². The standard InChI is InChI=1S/C43H56F3N5O11S/c1-23(2)42(63(47,57)58)21-31(42)60-37(55)41-17-16-24(41)12-10-8-7-9-11-13-28(49-38(56)62-39(3,4)5)36(54)51-22-40(19-29(51)35(53)50-41)20-30(52)32-26-18-25(59-6)14-15-27(26)48-34(33(32)61-40)43(44,45)46/h10,12,14-15,18,23-24,28-31,52H,7-9,11,13,16-17,19-22H2,1-6H3,(H,49,56)(H,50,53)(H2,47,57,58). The topological polar surface area (TPSA) is 226 Å². The molecule has 0 bridgehead atoms. The van der Waals surface area contributed by atoms with Crippen LogP contribution in [0.4, 0.5) is 18.0 Å². The smallest absolute Gasteiger partial charge is 0.437 e. The molecule has 346 valence electrons. The minimum Gasteiger partial charge on any atom is -0.497 e. The summed E-state index contributed by atoms with van der Waals surface area (Å²) in [5.74, 6) is -4.13. The summed E-state index contributed by atoms with van der Waals surface area (Å²) in [6, 6.07) is 1.43. The zero-order chi connectivity index (χ0) is 46.1. The fourth-order valence-electron chi connectivity index (χ4n) is 9.77. The highest BCUT2D eigenvalue weighted by Gasteiger charge is 2.69. The minimum absolute atomic E-state index is 0.0444. The number of nitrogens with one attached hydrogen (secondary N) is 2. The van der Waals surface area contributed by atoms with Gasteiger partial charge in [0.1, 0.15) is 45.4 Å². The van der Waals surface area contributed by atoms with Gasteiger partial charge in [0.05, 0.1) is 25.3 Å². The van der Waals surface area contributed by atoms with Gasteiger partial charge in [-0.05, 0) is 77.0 Å². The number of aliphatic hydroxyl groups excluding tert-OH is 1. The number of aromatic nitrogens is 1. The number of benzene rings is 1. The number of halogens is 3. The van der Waals surface area contributed by atoms with Crippen LogP contribution in [-0.2, 0) is 40.1 Å². The van der Waals surface area contributed by atoms with Crippen molar-refractivity contribution in [1.29, 1.82) is 0 Å². The van der Waals surface area contributed by atoms with Gasteiger partial charge in [-0.25, -0.2) is 28.1 Å². The molecule has 1 aromatic heterocycles. The third-order valence-corrected chi connectivity index (χ3v) is 15.2. The number of nitrogens with two attached hydrogens (primary N) is 1. The number of primary sulfonamides is 1. The number of allylic oxidation sites excluding steroid dienone is 1. The highest BCUT2D eigenvalue weighted by molar-refractivity contribution is 7.91. The van der Waals surface area contributed by atoms with Crippen molar-refractivity contribution in [2.24, 2.45) is 17.0 Å². The zero-order valence-electron chi connectivity index (χ0n) is 36.2. The number of nitrogens with zero attached hydrogens (tertiary/aromatic N) is 2. The number of methoxy groups -OCH3 is 1. The number of hydrogen-bond donors (Lipinski definition) is 4. The SMILES string of the molecule is COc1ccc2nc(C(F)(F)F)c3c(c2c1)C(O)CC1(CC2C(=O)NC4(C(=O)OC5CC5(C(C)C)S(N)(=O)=O)CCC4C=CCCCCCC(NC(=O)OC(C)(C)C)C(=O)N2C1)O3. The molecule has 3 aliphatic heterocycles. The van der Waals surface area contributed by atoms with E-state index in [4.69, 9.17) is 24.1 Å². The summed E-state index contributed by atoms with van der Waals surface area (Å²) in [7, 11) is -2.80. The predicted octanol–water partition coefficient (Wildman–Crippen LogP) is 5.10. The Morgan fingerprint density at radius 2 is 1.83 bits per heavy atom. The average Bonchev–Trinajstić information content (AvgIpc) is 3.81. The van der Waals surface area contributed by atoms with Crippen LogP contribution in [0.15, 0.2) is 30.4 Å². The van der Waals surface area contributed by atoms with Gasteiger partial charge in [0, 0.05) is 36.1 Å². The molecule has 2 aliphatic carbocycles. The summed E-state index contributed by atoms with van der Waals surface area (Å²) in [4.78, 5) is 62.4. The van der Waals surface area contributed by atoms with Crippen LogP contribution in [0.2, 0.25) is 0 Å². The second kappa shape index (κ2) is 16.4. The summed E-state index contributed by atoms with van der Waals surface area (Å²) in [6.07, 6.45) is -2.85. The molecule has 20 heteroatoms. The molecule has 4 heterocycles. The van der Waals surface area contributed by atoms with Crippen molar-refractivity contribution in [3.63, 3.8) is 0 Å². The van der Waals surface area contributed by atoms with Crippen LogP contribution in [-0.4, -0.2) is 101 Å². The highest BCUT2D eigenvalue weighted by Crippen LogP contribution is 2.54. The van der Waals surface area contributed by atoms with E-state index in [1.165, 1.54) is 25.3 Å². The van der Waals surface area contributed by atoms with Gasteiger partial charge in [-0.1, -0.05) is 38.8 Å². The maximum atomic E-state index is 14.9. The van der Waals surface area contributed by atoms with Crippen molar-refractivity contribution in [2.75, 3.05) is 13.7 Å². The number of hydrogen-bond acceptors (Lipinski definition) is 12. The van der Waals surface area contributed by atoms with Gasteiger partial charge in [0.15, 0.2) is 11.4 Å². The average molecular weight is 908 g/mol. The number of alkyl carbamates (subject to hydrolysis) is 1. The molecular formula is C43H56F3N5O11S. The van der Waals surface area contributed by atoms with Crippen molar-refractivity contribution in [3.05, 3.63) is 41.6 Å². The molecule has 5 aliphatic rings. The van der Waals surface area contributed by atoms with Crippen LogP contribution in [0.3, 0.4) is 0 Å². The van der Waals surface area contributed by atoms with Gasteiger partial charge in [0.2, 0.25) is 21.8 Å². The first kappa shape index (κ1) is 46.3. The number of carbonyl (C=O) groups excluding carboxylic acids is 4. The van der Waals surface area contributed by atoms with E-state index in [1.54, 1.807) is 40.7 Å². The quantitative estimate of drug-likeness (QED) is 0.220. The summed E-state index contributed by atoms with van der Waals surface area (Å²) in [5.41, 5.74) is -6.16. The Morgan fingerprint density at radius 1 is 1.10 bits per heavy atom. The Bertz CT molecular complexity index is 2320. The molecule has 2 aromatic rings. The number of carbonyl (C=O) groups is 4. The van der Waals surface area contributed by atoms with E-state index in [-0.39, 0.29) is 47.9 Å². The van der Waals surface area contributed by atoms with Gasteiger partial charge in [-0.2, -0.15) is 13.2 Å². The lowest BCUT2D eigenvalue weighted by Crippen LogP contribution is -2.67. The van der Waals surface area contributed by atoms with Crippen molar-refractivity contribution in [2.45, 2.75) is 151 Å². The van der Waals surface area contributed by atoms with Crippen molar-refractivity contribution >= 4 is 44.8 Å². The first-order valence-corrected chi connectivity index (χ1v) is 22.9. The van der Waals surface area contributed by atoms with Crippen LogP contribution in [0, 0.1) is 11.8 Å². The Balaban J connectivity index is 1.30. The number of alkyl halides is 3. The number of fused-ring (bicyclic) bond motifs is 5. The van der Waals surface area contributed by atoms with Gasteiger partial charge < -0.3 is 39.6 Å². The summed E-state index contributed by atoms with van der Waals surface area (Å²) in [5, 5.41) is 23.1. The molecule has 0 radical (unpaired) electrons. The fraction of sp³-hybridized carbons (Fsp3) is 0.651. The molecule has 2 saturated carbocycles. The maximum absolute atomic E-state index is 14.9. The Morgan fingerprint density at radius 3 is 2.43 bits per heavy atom.